The third-order valence-corrected chi connectivity index (χ3v) is 11.4. The Bertz CT molecular complexity index is 437. The number of aliphatic hydroxyl groups is 1. The highest BCUT2D eigenvalue weighted by Gasteiger charge is 2.52. The van der Waals surface area contributed by atoms with Gasteiger partial charge in [-0.1, -0.05) is 32.9 Å². The second-order valence-electron chi connectivity index (χ2n) is 9.25. The molecule has 1 spiro atoms. The Kier molecular flexibility index (Phi) is 3.71. The van der Waals surface area contributed by atoms with Crippen molar-refractivity contribution in [1.29, 1.82) is 0 Å². The zero-order chi connectivity index (χ0) is 15.5. The van der Waals surface area contributed by atoms with Crippen molar-refractivity contribution in [2.24, 2.45) is 17.3 Å². The van der Waals surface area contributed by atoms with Gasteiger partial charge >= 0.3 is 0 Å². The Morgan fingerprint density at radius 3 is 2.57 bits per heavy atom. The molecule has 4 aliphatic rings. The minimum atomic E-state index is -1.69. The Morgan fingerprint density at radius 1 is 1.24 bits per heavy atom. The van der Waals surface area contributed by atoms with Crippen molar-refractivity contribution in [1.82, 2.24) is 0 Å². The molecule has 0 aromatic carbocycles. The van der Waals surface area contributed by atoms with E-state index < -0.39 is 8.32 Å². The average molecular weight is 309 g/mol. The molecular formula is C18H32O2Si. The van der Waals surface area contributed by atoms with Crippen LogP contribution in [0.4, 0.5) is 0 Å². The molecule has 2 nitrogen and oxygen atoms in total. The zero-order valence-corrected chi connectivity index (χ0v) is 15.4. The lowest BCUT2D eigenvalue weighted by molar-refractivity contribution is -0.0810. The fourth-order valence-electron chi connectivity index (χ4n) is 4.47. The van der Waals surface area contributed by atoms with Crippen LogP contribution >= 0.6 is 0 Å². The third kappa shape index (κ3) is 2.66. The molecule has 0 heterocycles. The molecule has 0 aromatic rings. The van der Waals surface area contributed by atoms with Crippen LogP contribution < -0.4 is 0 Å². The van der Waals surface area contributed by atoms with E-state index in [1.54, 1.807) is 0 Å². The number of hydrogen-bond donors (Lipinski definition) is 1. The Morgan fingerprint density at radius 2 is 1.95 bits per heavy atom. The van der Waals surface area contributed by atoms with Gasteiger partial charge in [0.15, 0.2) is 8.32 Å². The molecular weight excluding hydrogens is 276 g/mol. The van der Waals surface area contributed by atoms with Gasteiger partial charge in [0.2, 0.25) is 0 Å². The van der Waals surface area contributed by atoms with Crippen molar-refractivity contribution in [2.75, 3.05) is 0 Å². The fraction of sp³-hybridized carbons (Fsp3) is 0.889. The molecule has 120 valence electrons. The van der Waals surface area contributed by atoms with Gasteiger partial charge in [-0.3, -0.25) is 0 Å². The molecule has 4 rings (SSSR count). The van der Waals surface area contributed by atoms with E-state index >= 15 is 0 Å². The maximum Gasteiger partial charge on any atom is 0.192 e. The van der Waals surface area contributed by atoms with E-state index in [9.17, 15) is 5.11 Å². The van der Waals surface area contributed by atoms with Crippen molar-refractivity contribution in [2.45, 2.75) is 83.2 Å². The smallest absolute Gasteiger partial charge is 0.192 e. The van der Waals surface area contributed by atoms with E-state index in [-0.39, 0.29) is 11.1 Å². The number of aliphatic hydroxyl groups excluding tert-OH is 1. The summed E-state index contributed by atoms with van der Waals surface area (Å²) in [5.74, 6) is 1.29. The van der Waals surface area contributed by atoms with Crippen molar-refractivity contribution in [3.05, 3.63) is 12.2 Å². The molecule has 21 heavy (non-hydrogen) atoms. The summed E-state index contributed by atoms with van der Waals surface area (Å²) >= 11 is 0. The maximum absolute atomic E-state index is 10.2. The Labute approximate surface area is 131 Å². The van der Waals surface area contributed by atoms with Crippen LogP contribution in [0, 0.1) is 17.3 Å². The van der Waals surface area contributed by atoms with Crippen LogP contribution in [0.2, 0.25) is 18.1 Å². The maximum atomic E-state index is 10.2. The Hall–Kier alpha value is -0.123. The number of hydrogen-bond acceptors (Lipinski definition) is 2. The SMILES string of the molecule is CC(C)(C)[Si](C)(C)O[C@@H]1C=C[C@@]23CC[C@@H](C[C@H]2C1)C(O)C3. The molecule has 0 radical (unpaired) electrons. The van der Waals surface area contributed by atoms with Crippen LogP contribution in [0.3, 0.4) is 0 Å². The van der Waals surface area contributed by atoms with Gasteiger partial charge in [-0.05, 0) is 67.5 Å². The summed E-state index contributed by atoms with van der Waals surface area (Å²) in [6.45, 7) is 11.6. The topological polar surface area (TPSA) is 29.5 Å². The molecule has 1 N–H and O–H groups in total. The van der Waals surface area contributed by atoms with Gasteiger partial charge in [-0.15, -0.1) is 0 Å². The van der Waals surface area contributed by atoms with Crippen molar-refractivity contribution in [3.8, 4) is 0 Å². The zero-order valence-electron chi connectivity index (χ0n) is 14.4. The van der Waals surface area contributed by atoms with Crippen LogP contribution in [-0.2, 0) is 4.43 Å². The summed E-state index contributed by atoms with van der Waals surface area (Å²) in [6.07, 6.45) is 10.9. The summed E-state index contributed by atoms with van der Waals surface area (Å²) in [6, 6.07) is 0. The summed E-state index contributed by atoms with van der Waals surface area (Å²) in [4.78, 5) is 0. The van der Waals surface area contributed by atoms with Crippen molar-refractivity contribution < 1.29 is 9.53 Å². The highest BCUT2D eigenvalue weighted by atomic mass is 28.4. The first-order valence-electron chi connectivity index (χ1n) is 8.68. The molecule has 0 amide bonds. The molecule has 3 fully saturated rings. The lowest BCUT2D eigenvalue weighted by atomic mass is 9.51. The van der Waals surface area contributed by atoms with Gasteiger partial charge in [-0.2, -0.15) is 0 Å². The van der Waals surface area contributed by atoms with E-state index in [1.807, 2.05) is 0 Å². The van der Waals surface area contributed by atoms with Gasteiger partial charge in [0, 0.05) is 0 Å². The van der Waals surface area contributed by atoms with E-state index in [0.29, 0.717) is 17.4 Å². The quantitative estimate of drug-likeness (QED) is 0.601. The van der Waals surface area contributed by atoms with Crippen LogP contribution in [0.5, 0.6) is 0 Å². The summed E-state index contributed by atoms with van der Waals surface area (Å²) in [5, 5.41) is 10.5. The highest BCUT2D eigenvalue weighted by molar-refractivity contribution is 6.74. The molecule has 3 heteroatoms. The Balaban J connectivity index is 1.74. The first-order chi connectivity index (χ1) is 9.63. The van der Waals surface area contributed by atoms with Crippen LogP contribution in [-0.4, -0.2) is 25.6 Å². The van der Waals surface area contributed by atoms with Gasteiger partial charge in [0.05, 0.1) is 12.2 Å². The average Bonchev–Trinajstić information content (AvgIpc) is 2.36. The second-order valence-corrected chi connectivity index (χ2v) is 14.0. The van der Waals surface area contributed by atoms with Crippen LogP contribution in [0.15, 0.2) is 12.2 Å². The van der Waals surface area contributed by atoms with Crippen LogP contribution in [0.25, 0.3) is 0 Å². The summed E-state index contributed by atoms with van der Waals surface area (Å²) in [7, 11) is -1.69. The molecule has 5 atom stereocenters. The molecule has 2 bridgehead atoms. The minimum absolute atomic E-state index is 0.0579. The predicted octanol–water partition coefficient (Wildman–Crippen LogP) is 4.50. The molecule has 1 unspecified atom stereocenters. The minimum Gasteiger partial charge on any atom is -0.411 e. The van der Waals surface area contributed by atoms with Crippen LogP contribution in [0.1, 0.15) is 52.9 Å². The number of allylic oxidation sites excluding steroid dienone is 1. The normalized spacial score (nSPS) is 43.0. The summed E-state index contributed by atoms with van der Waals surface area (Å²) in [5.41, 5.74) is 0.293. The van der Waals surface area contributed by atoms with E-state index in [0.717, 1.165) is 12.3 Å². The molecule has 3 saturated carbocycles. The molecule has 0 aliphatic heterocycles. The van der Waals surface area contributed by atoms with Gasteiger partial charge < -0.3 is 9.53 Å². The van der Waals surface area contributed by atoms with Gasteiger partial charge in [0.25, 0.3) is 0 Å². The largest absolute Gasteiger partial charge is 0.411 e. The lowest BCUT2D eigenvalue weighted by Crippen LogP contribution is -2.52. The molecule has 0 aromatic heterocycles. The molecule has 4 aliphatic carbocycles. The molecule has 0 saturated heterocycles. The summed E-state index contributed by atoms with van der Waals surface area (Å²) < 4.78 is 6.61. The second kappa shape index (κ2) is 4.94. The van der Waals surface area contributed by atoms with E-state index in [4.69, 9.17) is 4.43 Å². The lowest BCUT2D eigenvalue weighted by Gasteiger charge is -2.56. The van der Waals surface area contributed by atoms with Gasteiger partial charge in [0.1, 0.15) is 0 Å². The van der Waals surface area contributed by atoms with Crippen molar-refractivity contribution in [3.63, 3.8) is 0 Å². The fourth-order valence-corrected chi connectivity index (χ4v) is 5.75. The highest BCUT2D eigenvalue weighted by Crippen LogP contribution is 2.58. The number of rotatable bonds is 2. The predicted molar refractivity (Wildman–Crippen MR) is 89.7 cm³/mol. The standard InChI is InChI=1S/C18H32O2Si/c1-17(2,3)21(4,5)20-15-7-9-18-8-6-13(16(19)12-18)10-14(18)11-15/h7,9,13-16,19H,6,8,10-12H2,1-5H3/t13-,14-,15+,16?,18+/m0/s1. The first-order valence-corrected chi connectivity index (χ1v) is 11.6. The number of fused-ring (bicyclic) bond motifs is 2. The van der Waals surface area contributed by atoms with E-state index in [2.05, 4.69) is 46.0 Å². The third-order valence-electron chi connectivity index (χ3n) is 6.93. The van der Waals surface area contributed by atoms with Gasteiger partial charge in [-0.25, -0.2) is 0 Å². The first kappa shape index (κ1) is 15.8. The monoisotopic (exact) mass is 308 g/mol. The van der Waals surface area contributed by atoms with Crippen molar-refractivity contribution >= 4 is 8.32 Å². The van der Waals surface area contributed by atoms with E-state index in [1.165, 1.54) is 25.7 Å².